The van der Waals surface area contributed by atoms with Crippen LogP contribution in [0.2, 0.25) is 0 Å². The smallest absolute Gasteiger partial charge is 0.312 e. The average molecular weight is 430 g/mol. The van der Waals surface area contributed by atoms with E-state index in [0.29, 0.717) is 35.7 Å². The fraction of sp³-hybridized carbons (Fsp3) is 0.174. The fourth-order valence-corrected chi connectivity index (χ4v) is 3.58. The van der Waals surface area contributed by atoms with Crippen molar-refractivity contribution in [3.8, 4) is 0 Å². The van der Waals surface area contributed by atoms with Crippen LogP contribution in [-0.2, 0) is 13.1 Å². The number of anilines is 1. The van der Waals surface area contributed by atoms with Gasteiger partial charge in [0.05, 0.1) is 29.9 Å². The molecule has 0 spiro atoms. The molecule has 162 valence electrons. The van der Waals surface area contributed by atoms with E-state index in [0.717, 1.165) is 11.1 Å². The van der Waals surface area contributed by atoms with E-state index in [2.05, 4.69) is 15.5 Å². The molecule has 0 radical (unpaired) electrons. The molecule has 0 saturated carbocycles. The molecule has 0 saturated heterocycles. The fourth-order valence-electron chi connectivity index (χ4n) is 3.58. The van der Waals surface area contributed by atoms with Gasteiger partial charge >= 0.3 is 5.69 Å². The van der Waals surface area contributed by atoms with E-state index in [9.17, 15) is 14.9 Å². The quantitative estimate of drug-likeness (QED) is 0.353. The van der Waals surface area contributed by atoms with Gasteiger partial charge in [-0.2, -0.15) is 10.2 Å². The molecule has 9 nitrogen and oxygen atoms in total. The molecule has 2 aromatic heterocycles. The van der Waals surface area contributed by atoms with E-state index >= 15 is 0 Å². The first-order valence-corrected chi connectivity index (χ1v) is 10.1. The number of hydrogen-bond donors (Lipinski definition) is 1. The number of nitro groups is 1. The summed E-state index contributed by atoms with van der Waals surface area (Å²) in [6.45, 7) is 4.23. The number of aromatic nitrogens is 4. The van der Waals surface area contributed by atoms with Gasteiger partial charge in [0, 0.05) is 11.8 Å². The monoisotopic (exact) mass is 430 g/mol. The molecule has 4 rings (SSSR count). The van der Waals surface area contributed by atoms with Crippen LogP contribution in [0.3, 0.4) is 0 Å². The maximum atomic E-state index is 12.7. The summed E-state index contributed by atoms with van der Waals surface area (Å²) in [5.74, 6) is -0.259. The minimum absolute atomic E-state index is 0.0198. The van der Waals surface area contributed by atoms with E-state index in [-0.39, 0.29) is 11.6 Å². The van der Waals surface area contributed by atoms with Crippen LogP contribution < -0.4 is 5.32 Å². The first-order chi connectivity index (χ1) is 15.4. The molecule has 1 N–H and O–H groups in total. The molecule has 1 amide bonds. The van der Waals surface area contributed by atoms with E-state index in [1.807, 2.05) is 36.4 Å². The largest absolute Gasteiger partial charge is 0.319 e. The molecule has 0 atom stereocenters. The molecule has 0 aliphatic heterocycles. The third kappa shape index (κ3) is 4.56. The minimum atomic E-state index is -0.421. The van der Waals surface area contributed by atoms with Gasteiger partial charge < -0.3 is 5.32 Å². The van der Waals surface area contributed by atoms with Gasteiger partial charge in [-0.05, 0) is 37.1 Å². The Bertz CT molecular complexity index is 1280. The van der Waals surface area contributed by atoms with Gasteiger partial charge in [-0.1, -0.05) is 42.5 Å². The highest BCUT2D eigenvalue weighted by atomic mass is 16.6. The molecule has 0 fully saturated rings. The summed E-state index contributed by atoms with van der Waals surface area (Å²) in [6.07, 6.45) is 3.39. The highest BCUT2D eigenvalue weighted by Crippen LogP contribution is 2.23. The maximum absolute atomic E-state index is 12.7. The number of aryl methyl sites for hydroxylation is 1. The molecule has 2 heterocycles. The third-order valence-electron chi connectivity index (χ3n) is 5.13. The van der Waals surface area contributed by atoms with Crippen molar-refractivity contribution < 1.29 is 9.72 Å². The van der Waals surface area contributed by atoms with E-state index < -0.39 is 4.92 Å². The number of amides is 1. The maximum Gasteiger partial charge on any atom is 0.312 e. The second kappa shape index (κ2) is 8.84. The van der Waals surface area contributed by atoms with Crippen molar-refractivity contribution in [2.75, 3.05) is 5.32 Å². The van der Waals surface area contributed by atoms with Crippen LogP contribution in [-0.4, -0.2) is 30.4 Å². The third-order valence-corrected chi connectivity index (χ3v) is 5.13. The van der Waals surface area contributed by atoms with Crippen LogP contribution in [0.5, 0.6) is 0 Å². The predicted molar refractivity (Wildman–Crippen MR) is 120 cm³/mol. The van der Waals surface area contributed by atoms with Crippen LogP contribution >= 0.6 is 0 Å². The van der Waals surface area contributed by atoms with Gasteiger partial charge in [0.25, 0.3) is 5.91 Å². The molecule has 4 aromatic rings. The van der Waals surface area contributed by atoms with Crippen molar-refractivity contribution in [3.63, 3.8) is 0 Å². The Morgan fingerprint density at radius 3 is 2.53 bits per heavy atom. The molecule has 0 aliphatic carbocycles. The van der Waals surface area contributed by atoms with Crippen molar-refractivity contribution in [2.45, 2.75) is 26.9 Å². The molecular weight excluding hydrogens is 408 g/mol. The lowest BCUT2D eigenvalue weighted by Gasteiger charge is -2.07. The van der Waals surface area contributed by atoms with Crippen LogP contribution in [0.15, 0.2) is 67.0 Å². The molecule has 0 bridgehead atoms. The lowest BCUT2D eigenvalue weighted by Crippen LogP contribution is -2.12. The first kappa shape index (κ1) is 21.0. The Hall–Kier alpha value is -4.27. The van der Waals surface area contributed by atoms with Crippen LogP contribution in [0.25, 0.3) is 0 Å². The number of nitrogens with zero attached hydrogens (tertiary/aromatic N) is 5. The van der Waals surface area contributed by atoms with Gasteiger partial charge in [-0.3, -0.25) is 24.3 Å². The molecule has 9 heteroatoms. The highest BCUT2D eigenvalue weighted by Gasteiger charge is 2.21. The van der Waals surface area contributed by atoms with Crippen molar-refractivity contribution in [1.82, 2.24) is 19.6 Å². The zero-order valence-corrected chi connectivity index (χ0v) is 17.7. The molecule has 32 heavy (non-hydrogen) atoms. The van der Waals surface area contributed by atoms with Crippen molar-refractivity contribution in [2.24, 2.45) is 0 Å². The predicted octanol–water partition coefficient (Wildman–Crippen LogP) is 3.95. The summed E-state index contributed by atoms with van der Waals surface area (Å²) in [7, 11) is 0. The lowest BCUT2D eigenvalue weighted by atomic mass is 10.1. The second-order valence-corrected chi connectivity index (χ2v) is 7.50. The van der Waals surface area contributed by atoms with Gasteiger partial charge in [0.2, 0.25) is 0 Å². The number of benzene rings is 2. The molecule has 2 aromatic carbocycles. The van der Waals surface area contributed by atoms with Crippen LogP contribution in [0.1, 0.15) is 32.9 Å². The summed E-state index contributed by atoms with van der Waals surface area (Å²) in [6, 6.07) is 17.1. The zero-order chi connectivity index (χ0) is 22.7. The van der Waals surface area contributed by atoms with Crippen LogP contribution in [0, 0.1) is 24.0 Å². The Kier molecular flexibility index (Phi) is 5.80. The van der Waals surface area contributed by atoms with Gasteiger partial charge in [-0.15, -0.1) is 0 Å². The summed E-state index contributed by atoms with van der Waals surface area (Å²) in [5, 5.41) is 22.7. The summed E-state index contributed by atoms with van der Waals surface area (Å²) in [4.78, 5) is 23.5. The number of rotatable bonds is 7. The summed E-state index contributed by atoms with van der Waals surface area (Å²) in [5.41, 5.74) is 3.89. The minimum Gasteiger partial charge on any atom is -0.319 e. The van der Waals surface area contributed by atoms with E-state index in [4.69, 9.17) is 0 Å². The molecular formula is C23H22N6O3. The van der Waals surface area contributed by atoms with Gasteiger partial charge in [0.15, 0.2) is 0 Å². The summed E-state index contributed by atoms with van der Waals surface area (Å²) >= 11 is 0. The lowest BCUT2D eigenvalue weighted by molar-refractivity contribution is -0.386. The summed E-state index contributed by atoms with van der Waals surface area (Å²) < 4.78 is 3.34. The first-order valence-electron chi connectivity index (χ1n) is 10.1. The molecule has 0 unspecified atom stereocenters. The topological polar surface area (TPSA) is 108 Å². The Labute approximate surface area is 184 Å². The Balaban J connectivity index is 1.45. The van der Waals surface area contributed by atoms with Gasteiger partial charge in [-0.25, -0.2) is 0 Å². The van der Waals surface area contributed by atoms with Gasteiger partial charge in [0.1, 0.15) is 11.4 Å². The number of carbonyl (C=O) groups excluding carboxylic acids is 1. The molecule has 0 aliphatic rings. The average Bonchev–Trinajstić information content (AvgIpc) is 3.32. The van der Waals surface area contributed by atoms with Crippen molar-refractivity contribution in [3.05, 3.63) is 105 Å². The van der Waals surface area contributed by atoms with Crippen LogP contribution in [0.4, 0.5) is 11.4 Å². The number of nitrogens with one attached hydrogen (secondary N) is 1. The van der Waals surface area contributed by atoms with Crippen molar-refractivity contribution in [1.29, 1.82) is 0 Å². The highest BCUT2D eigenvalue weighted by molar-refractivity contribution is 6.04. The van der Waals surface area contributed by atoms with E-state index in [1.165, 1.54) is 0 Å². The SMILES string of the molecule is Cc1nn(Cc2cccc(C(=O)Nc3cnn(Cc4ccccc4)c3)c2)c(C)c1[N+](=O)[O-]. The number of hydrogen-bond acceptors (Lipinski definition) is 5. The normalized spacial score (nSPS) is 10.8. The zero-order valence-electron chi connectivity index (χ0n) is 17.7. The number of carbonyl (C=O) groups is 1. The standard InChI is InChI=1S/C23H22N6O3/c1-16-22(29(31)32)17(2)28(26-16)14-19-9-6-10-20(11-19)23(30)25-21-12-24-27(15-21)13-18-7-4-3-5-8-18/h3-12,15H,13-14H2,1-2H3,(H,25,30). The Morgan fingerprint density at radius 1 is 1.06 bits per heavy atom. The van der Waals surface area contributed by atoms with E-state index in [1.54, 1.807) is 53.8 Å². The second-order valence-electron chi connectivity index (χ2n) is 7.50. The Morgan fingerprint density at radius 2 is 1.81 bits per heavy atom. The van der Waals surface area contributed by atoms with Crippen molar-refractivity contribution >= 4 is 17.3 Å².